The van der Waals surface area contributed by atoms with Crippen LogP contribution in [0.1, 0.15) is 5.56 Å². The number of hydrogen-bond acceptors (Lipinski definition) is 5. The summed E-state index contributed by atoms with van der Waals surface area (Å²) in [6, 6.07) is 9.52. The highest BCUT2D eigenvalue weighted by Gasteiger charge is 2.14. The van der Waals surface area contributed by atoms with Crippen LogP contribution < -0.4 is 0 Å². The summed E-state index contributed by atoms with van der Waals surface area (Å²) in [4.78, 5) is 0. The fraction of sp³-hybridized carbons (Fsp3) is 0.333. The number of aliphatic hydroxyl groups is 2. The van der Waals surface area contributed by atoms with Gasteiger partial charge in [-0.3, -0.25) is 0 Å². The lowest BCUT2D eigenvalue weighted by Crippen LogP contribution is -2.35. The van der Waals surface area contributed by atoms with Gasteiger partial charge in [0.05, 0.1) is 13.2 Å². The smallest absolute Gasteiger partial charge is 0.423 e. The highest BCUT2D eigenvalue weighted by atomic mass is 16.7. The van der Waals surface area contributed by atoms with Crippen molar-refractivity contribution in [2.45, 2.75) is 0 Å². The monoisotopic (exact) mass is 251 g/mol. The molecule has 1 aromatic carbocycles. The summed E-state index contributed by atoms with van der Waals surface area (Å²) in [6.45, 7) is 0.262. The fourth-order valence-electron chi connectivity index (χ4n) is 1.39. The molecule has 18 heavy (non-hydrogen) atoms. The molecule has 0 saturated heterocycles. The summed E-state index contributed by atoms with van der Waals surface area (Å²) in [5, 5.41) is 28.5. The second-order valence-electron chi connectivity index (χ2n) is 3.64. The van der Waals surface area contributed by atoms with Crippen molar-refractivity contribution in [2.24, 2.45) is 0 Å². The summed E-state index contributed by atoms with van der Waals surface area (Å²) in [5.74, 6) is 1.50. The zero-order valence-corrected chi connectivity index (χ0v) is 10.1. The minimum Gasteiger partial charge on any atom is -0.423 e. The Labute approximate surface area is 107 Å². The summed E-state index contributed by atoms with van der Waals surface area (Å²) in [7, 11) is -1.11. The van der Waals surface area contributed by atoms with E-state index in [2.05, 4.69) is 0 Å². The first-order valence-corrected chi connectivity index (χ1v) is 5.81. The topological polar surface area (TPSA) is 73.2 Å². The van der Waals surface area contributed by atoms with Crippen molar-refractivity contribution in [3.05, 3.63) is 41.9 Å². The lowest BCUT2D eigenvalue weighted by Gasteiger charge is -2.20. The predicted molar refractivity (Wildman–Crippen MR) is 70.3 cm³/mol. The van der Waals surface area contributed by atoms with Gasteiger partial charge in [-0.1, -0.05) is 42.4 Å². The molecule has 0 saturated carbocycles. The second kappa shape index (κ2) is 8.85. The quantitative estimate of drug-likeness (QED) is 0.446. The van der Waals surface area contributed by atoms with Gasteiger partial charge >= 0.3 is 7.12 Å². The first-order chi connectivity index (χ1) is 8.76. The van der Waals surface area contributed by atoms with E-state index < -0.39 is 7.12 Å². The van der Waals surface area contributed by atoms with Crippen LogP contribution in [0.2, 0.25) is 0 Å². The van der Waals surface area contributed by atoms with Gasteiger partial charge in [0, 0.05) is 13.1 Å². The molecule has 6 heteroatoms. The van der Waals surface area contributed by atoms with Crippen molar-refractivity contribution < 1.29 is 20.0 Å². The normalized spacial score (nSPS) is 11.3. The Morgan fingerprint density at radius 2 is 1.72 bits per heavy atom. The van der Waals surface area contributed by atoms with Crippen molar-refractivity contribution in [1.29, 1.82) is 0 Å². The van der Waals surface area contributed by atoms with Crippen LogP contribution in [-0.4, -0.2) is 53.7 Å². The van der Waals surface area contributed by atoms with Crippen LogP contribution in [0.15, 0.2) is 36.3 Å². The van der Waals surface area contributed by atoms with E-state index in [9.17, 15) is 5.02 Å². The maximum Gasteiger partial charge on any atom is 0.500 e. The molecule has 0 aliphatic carbocycles. The lowest BCUT2D eigenvalue weighted by molar-refractivity contribution is -0.0899. The van der Waals surface area contributed by atoms with Crippen LogP contribution >= 0.6 is 0 Å². The van der Waals surface area contributed by atoms with E-state index in [1.807, 2.05) is 30.3 Å². The van der Waals surface area contributed by atoms with Crippen molar-refractivity contribution >= 4 is 13.2 Å². The molecule has 0 amide bonds. The molecule has 0 fully saturated rings. The van der Waals surface area contributed by atoms with Crippen LogP contribution in [0.3, 0.4) is 0 Å². The Morgan fingerprint density at radius 1 is 1.11 bits per heavy atom. The summed E-state index contributed by atoms with van der Waals surface area (Å²) >= 11 is 0. The number of aliphatic hydroxyl groups excluding tert-OH is 2. The Morgan fingerprint density at radius 3 is 2.28 bits per heavy atom. The van der Waals surface area contributed by atoms with Gasteiger partial charge in [-0.05, 0) is 5.56 Å². The van der Waals surface area contributed by atoms with Crippen LogP contribution in [-0.2, 0) is 4.76 Å². The molecular weight excluding hydrogens is 233 g/mol. The maximum atomic E-state index is 9.62. The molecule has 0 aliphatic rings. The summed E-state index contributed by atoms with van der Waals surface area (Å²) in [6.07, 6.45) is 1.74. The molecule has 1 aromatic rings. The largest absolute Gasteiger partial charge is 0.500 e. The molecular formula is C12H18BNO4. The predicted octanol–water partition coefficient (Wildman–Crippen LogP) is -0.0623. The molecule has 0 spiro atoms. The van der Waals surface area contributed by atoms with E-state index in [0.29, 0.717) is 0 Å². The standard InChI is InChI=1S/C12H18BNO4/c15-10-8-14(9-11-16)18-13(17)7-6-12-4-2-1-3-5-12/h1-7,15-17H,8-11H2. The van der Waals surface area contributed by atoms with Gasteiger partial charge in [0.25, 0.3) is 0 Å². The Hall–Kier alpha value is -1.18. The van der Waals surface area contributed by atoms with Crippen LogP contribution in [0.4, 0.5) is 0 Å². The van der Waals surface area contributed by atoms with Crippen molar-refractivity contribution in [3.8, 4) is 0 Å². The Bertz CT molecular complexity index is 341. The van der Waals surface area contributed by atoms with Crippen LogP contribution in [0.5, 0.6) is 0 Å². The van der Waals surface area contributed by atoms with Gasteiger partial charge in [-0.2, -0.15) is 5.06 Å². The minimum absolute atomic E-state index is 0.102. The number of nitrogens with zero attached hydrogens (tertiary/aromatic N) is 1. The molecule has 0 aromatic heterocycles. The molecule has 0 aliphatic heterocycles. The highest BCUT2D eigenvalue weighted by Crippen LogP contribution is 2.02. The average molecular weight is 251 g/mol. The molecule has 0 unspecified atom stereocenters. The second-order valence-corrected chi connectivity index (χ2v) is 3.64. The number of rotatable bonds is 8. The van der Waals surface area contributed by atoms with Gasteiger partial charge < -0.3 is 20.0 Å². The maximum absolute atomic E-state index is 9.62. The van der Waals surface area contributed by atoms with Crippen LogP contribution in [0.25, 0.3) is 6.08 Å². The summed E-state index contributed by atoms with van der Waals surface area (Å²) < 4.78 is 5.14. The minimum atomic E-state index is -1.11. The SMILES string of the molecule is OCCN(CCO)OB(O)C=Cc1ccccc1. The zero-order valence-electron chi connectivity index (χ0n) is 10.1. The van der Waals surface area contributed by atoms with Crippen molar-refractivity contribution in [1.82, 2.24) is 5.06 Å². The fourth-order valence-corrected chi connectivity index (χ4v) is 1.39. The van der Waals surface area contributed by atoms with Crippen LogP contribution in [0, 0.1) is 0 Å². The lowest BCUT2D eigenvalue weighted by atomic mass is 9.90. The van der Waals surface area contributed by atoms with E-state index in [0.717, 1.165) is 5.56 Å². The Kier molecular flexibility index (Phi) is 7.32. The number of hydroxylamine groups is 2. The van der Waals surface area contributed by atoms with E-state index in [-0.39, 0.29) is 26.3 Å². The van der Waals surface area contributed by atoms with Crippen molar-refractivity contribution in [3.63, 3.8) is 0 Å². The third-order valence-corrected chi connectivity index (χ3v) is 2.21. The first kappa shape index (κ1) is 14.9. The Balaban J connectivity index is 2.44. The highest BCUT2D eigenvalue weighted by molar-refractivity contribution is 6.50. The molecule has 1 rings (SSSR count). The molecule has 5 nitrogen and oxygen atoms in total. The van der Waals surface area contributed by atoms with Crippen molar-refractivity contribution in [2.75, 3.05) is 26.3 Å². The van der Waals surface area contributed by atoms with E-state index in [4.69, 9.17) is 15.0 Å². The summed E-state index contributed by atoms with van der Waals surface area (Å²) in [5.41, 5.74) is 0.955. The number of benzene rings is 1. The first-order valence-electron chi connectivity index (χ1n) is 5.81. The van der Waals surface area contributed by atoms with E-state index in [1.165, 1.54) is 11.0 Å². The third kappa shape index (κ3) is 5.95. The number of hydrogen-bond donors (Lipinski definition) is 3. The van der Waals surface area contributed by atoms with Gasteiger partial charge in [-0.15, -0.1) is 0 Å². The molecule has 0 bridgehead atoms. The van der Waals surface area contributed by atoms with Gasteiger partial charge in [0.2, 0.25) is 0 Å². The van der Waals surface area contributed by atoms with E-state index in [1.54, 1.807) is 6.08 Å². The average Bonchev–Trinajstić information content (AvgIpc) is 2.38. The molecule has 98 valence electrons. The molecule has 3 N–H and O–H groups in total. The van der Waals surface area contributed by atoms with E-state index >= 15 is 0 Å². The molecule has 0 radical (unpaired) electrons. The van der Waals surface area contributed by atoms with Gasteiger partial charge in [0.15, 0.2) is 0 Å². The van der Waals surface area contributed by atoms with Gasteiger partial charge in [0.1, 0.15) is 0 Å². The molecule has 0 heterocycles. The van der Waals surface area contributed by atoms with Gasteiger partial charge in [-0.25, -0.2) is 0 Å². The third-order valence-electron chi connectivity index (χ3n) is 2.21. The molecule has 0 atom stereocenters. The zero-order chi connectivity index (χ0) is 13.2.